The topological polar surface area (TPSA) is 24.7 Å². The molecular formula is C48H30N2. The lowest BCUT2D eigenvalue weighted by Gasteiger charge is -2.25. The van der Waals surface area contributed by atoms with Crippen LogP contribution >= 0.6 is 0 Å². The zero-order valence-corrected chi connectivity index (χ0v) is 27.2. The molecular weight excluding hydrogens is 605 g/mol. The summed E-state index contributed by atoms with van der Waals surface area (Å²) in [5.74, 6) is -0.0716. The second kappa shape index (κ2) is 10.6. The van der Waals surface area contributed by atoms with Gasteiger partial charge >= 0.3 is 0 Å². The Hall–Kier alpha value is -6.38. The number of rotatable bonds is 2. The summed E-state index contributed by atoms with van der Waals surface area (Å²) in [4.78, 5) is 11.7. The Morgan fingerprint density at radius 3 is 0.900 bits per heavy atom. The first-order valence-electron chi connectivity index (χ1n) is 17.4. The quantitative estimate of drug-likeness (QED) is 0.181. The minimum atomic E-state index is -0.0358. The zero-order valence-electron chi connectivity index (χ0n) is 27.2. The van der Waals surface area contributed by atoms with Gasteiger partial charge in [-0.15, -0.1) is 0 Å². The van der Waals surface area contributed by atoms with E-state index in [1.54, 1.807) is 0 Å². The second-order valence-electron chi connectivity index (χ2n) is 13.6. The Balaban J connectivity index is 1.27. The Kier molecular flexibility index (Phi) is 5.82. The Morgan fingerprint density at radius 2 is 0.560 bits per heavy atom. The summed E-state index contributed by atoms with van der Waals surface area (Å²) in [5, 5.41) is 4.72. The molecule has 0 amide bonds. The molecule has 2 heteroatoms. The fourth-order valence-electron chi connectivity index (χ4n) is 8.77. The molecule has 2 aliphatic carbocycles. The first-order chi connectivity index (χ1) is 24.8. The SMILES string of the molecule is c1ccc2c(c1)-c1ccccc1C2C1=Nc2cc3ccccc3cc2C(C2c3ccccc3-c3ccccc32)=Nc2cc3ccccc3cc21. The number of hydrogen-bond donors (Lipinski definition) is 0. The van der Waals surface area contributed by atoms with Gasteiger partial charge in [-0.3, -0.25) is 9.98 Å². The first-order valence-corrected chi connectivity index (χ1v) is 17.4. The molecule has 0 saturated carbocycles. The molecule has 0 spiro atoms. The van der Waals surface area contributed by atoms with Gasteiger partial charge in [0.1, 0.15) is 0 Å². The standard InChI is InChI=1S/C48H30N2/c1-3-15-31-27-43-41(25-29(31)13-1)47(45-37-21-9-5-17-33(37)34-18-6-10-22-38(34)45)50-44-28-32-16-4-2-14-30(32)26-42(44)48(49-43)46-39-23-11-7-19-35(39)36-20-8-12-24-40(36)46/h1-28,45-46H. The normalized spacial score (nSPS) is 14.5. The van der Waals surface area contributed by atoms with E-state index in [0.29, 0.717) is 0 Å². The van der Waals surface area contributed by atoms with E-state index in [1.165, 1.54) is 66.1 Å². The van der Waals surface area contributed by atoms with Crippen molar-refractivity contribution in [1.82, 2.24) is 0 Å². The molecule has 8 aromatic carbocycles. The van der Waals surface area contributed by atoms with Gasteiger partial charge < -0.3 is 0 Å². The molecule has 1 aliphatic heterocycles. The van der Waals surface area contributed by atoms with Crippen LogP contribution in [0.5, 0.6) is 0 Å². The predicted molar refractivity (Wildman–Crippen MR) is 208 cm³/mol. The summed E-state index contributed by atoms with van der Waals surface area (Å²) in [6.45, 7) is 0. The Bertz CT molecular complexity index is 2500. The lowest BCUT2D eigenvalue weighted by Crippen LogP contribution is -2.18. The lowest BCUT2D eigenvalue weighted by molar-refractivity contribution is 1.10. The van der Waals surface area contributed by atoms with Gasteiger partial charge in [0, 0.05) is 11.1 Å². The molecule has 50 heavy (non-hydrogen) atoms. The van der Waals surface area contributed by atoms with E-state index in [0.717, 1.165) is 33.9 Å². The minimum Gasteiger partial charge on any atom is -0.251 e. The number of nitrogens with zero attached hydrogens (tertiary/aromatic N) is 2. The number of fused-ring (bicyclic) bond motifs is 10. The van der Waals surface area contributed by atoms with Gasteiger partial charge in [0.25, 0.3) is 0 Å². The molecule has 11 rings (SSSR count). The van der Waals surface area contributed by atoms with E-state index < -0.39 is 0 Å². The van der Waals surface area contributed by atoms with Crippen LogP contribution in [0.4, 0.5) is 11.4 Å². The lowest BCUT2D eigenvalue weighted by atomic mass is 9.83. The summed E-state index contributed by atoms with van der Waals surface area (Å²) < 4.78 is 0. The maximum atomic E-state index is 5.85. The molecule has 1 heterocycles. The average molecular weight is 635 g/mol. The number of benzene rings is 8. The minimum absolute atomic E-state index is 0.0358. The fourth-order valence-corrected chi connectivity index (χ4v) is 8.77. The van der Waals surface area contributed by atoms with Gasteiger partial charge in [0.15, 0.2) is 0 Å². The molecule has 232 valence electrons. The monoisotopic (exact) mass is 634 g/mol. The molecule has 0 atom stereocenters. The summed E-state index contributed by atoms with van der Waals surface area (Å²) in [6, 6.07) is 61.9. The highest BCUT2D eigenvalue weighted by molar-refractivity contribution is 6.22. The smallest absolute Gasteiger partial charge is 0.0731 e. The summed E-state index contributed by atoms with van der Waals surface area (Å²) in [5.41, 5.74) is 16.4. The highest BCUT2D eigenvalue weighted by Crippen LogP contribution is 2.51. The van der Waals surface area contributed by atoms with Crippen LogP contribution in [-0.4, -0.2) is 11.4 Å². The van der Waals surface area contributed by atoms with Crippen LogP contribution in [0.15, 0.2) is 180 Å². The Morgan fingerprint density at radius 1 is 0.280 bits per heavy atom. The number of aliphatic imine (C=N–C) groups is 2. The van der Waals surface area contributed by atoms with Crippen LogP contribution in [0.25, 0.3) is 43.8 Å². The molecule has 0 N–H and O–H groups in total. The molecule has 0 bridgehead atoms. The van der Waals surface area contributed by atoms with E-state index in [9.17, 15) is 0 Å². The molecule has 0 radical (unpaired) electrons. The van der Waals surface area contributed by atoms with E-state index >= 15 is 0 Å². The van der Waals surface area contributed by atoms with E-state index in [4.69, 9.17) is 9.98 Å². The van der Waals surface area contributed by atoms with Crippen molar-refractivity contribution in [1.29, 1.82) is 0 Å². The maximum absolute atomic E-state index is 5.85. The van der Waals surface area contributed by atoms with Gasteiger partial charge in [0.2, 0.25) is 0 Å². The van der Waals surface area contributed by atoms with E-state index in [-0.39, 0.29) is 11.8 Å². The van der Waals surface area contributed by atoms with Gasteiger partial charge in [-0.2, -0.15) is 0 Å². The molecule has 8 aromatic rings. The third kappa shape index (κ3) is 3.96. The van der Waals surface area contributed by atoms with Gasteiger partial charge in [-0.05, 0) is 90.3 Å². The molecule has 0 saturated heterocycles. The third-order valence-electron chi connectivity index (χ3n) is 11.0. The van der Waals surface area contributed by atoms with Crippen LogP contribution in [-0.2, 0) is 0 Å². The van der Waals surface area contributed by atoms with Gasteiger partial charge in [-0.1, -0.05) is 146 Å². The van der Waals surface area contributed by atoms with Crippen molar-refractivity contribution < 1.29 is 0 Å². The molecule has 3 aliphatic rings. The third-order valence-corrected chi connectivity index (χ3v) is 11.0. The molecule has 0 unspecified atom stereocenters. The largest absolute Gasteiger partial charge is 0.251 e. The van der Waals surface area contributed by atoms with Crippen molar-refractivity contribution in [3.8, 4) is 22.3 Å². The summed E-state index contributed by atoms with van der Waals surface area (Å²) in [6.07, 6.45) is 0. The van der Waals surface area contributed by atoms with Crippen molar-refractivity contribution in [2.75, 3.05) is 0 Å². The summed E-state index contributed by atoms with van der Waals surface area (Å²) >= 11 is 0. The van der Waals surface area contributed by atoms with E-state index in [1.807, 2.05) is 0 Å². The van der Waals surface area contributed by atoms with Crippen molar-refractivity contribution in [3.63, 3.8) is 0 Å². The fraction of sp³-hybridized carbons (Fsp3) is 0.0417. The highest BCUT2D eigenvalue weighted by atomic mass is 14.8. The van der Waals surface area contributed by atoms with Crippen molar-refractivity contribution >= 4 is 44.3 Å². The van der Waals surface area contributed by atoms with Crippen molar-refractivity contribution in [2.24, 2.45) is 9.98 Å². The van der Waals surface area contributed by atoms with Crippen LogP contribution < -0.4 is 0 Å². The number of hydrogen-bond acceptors (Lipinski definition) is 2. The molecule has 0 fully saturated rings. The molecule has 0 aromatic heterocycles. The molecule has 2 nitrogen and oxygen atoms in total. The van der Waals surface area contributed by atoms with Gasteiger partial charge in [0.05, 0.1) is 34.6 Å². The van der Waals surface area contributed by atoms with Gasteiger partial charge in [-0.25, -0.2) is 0 Å². The highest BCUT2D eigenvalue weighted by Gasteiger charge is 2.37. The predicted octanol–water partition coefficient (Wildman–Crippen LogP) is 12.2. The summed E-state index contributed by atoms with van der Waals surface area (Å²) in [7, 11) is 0. The van der Waals surface area contributed by atoms with Crippen LogP contribution in [0, 0.1) is 0 Å². The van der Waals surface area contributed by atoms with Crippen LogP contribution in [0.1, 0.15) is 45.2 Å². The van der Waals surface area contributed by atoms with Crippen molar-refractivity contribution in [2.45, 2.75) is 11.8 Å². The zero-order chi connectivity index (χ0) is 32.8. The maximum Gasteiger partial charge on any atom is 0.0731 e. The average Bonchev–Trinajstić information content (AvgIpc) is 3.68. The van der Waals surface area contributed by atoms with E-state index in [2.05, 4.69) is 170 Å². The Labute approximate surface area is 290 Å². The van der Waals surface area contributed by atoms with Crippen LogP contribution in [0.3, 0.4) is 0 Å². The second-order valence-corrected chi connectivity index (χ2v) is 13.6. The van der Waals surface area contributed by atoms with Crippen LogP contribution in [0.2, 0.25) is 0 Å². The first kappa shape index (κ1) is 27.6. The van der Waals surface area contributed by atoms with Crippen molar-refractivity contribution in [3.05, 3.63) is 203 Å².